The van der Waals surface area contributed by atoms with Crippen LogP contribution in [-0.4, -0.2) is 27.5 Å². The summed E-state index contributed by atoms with van der Waals surface area (Å²) in [6, 6.07) is 5.25. The van der Waals surface area contributed by atoms with Gasteiger partial charge in [0.05, 0.1) is 11.9 Å². The molecule has 0 fully saturated rings. The number of nitrogens with two attached hydrogens (primary N) is 1. The molecular weight excluding hydrogens is 294 g/mol. The van der Waals surface area contributed by atoms with Crippen LogP contribution in [0.3, 0.4) is 0 Å². The third-order valence-electron chi connectivity index (χ3n) is 2.78. The molecule has 0 unspecified atom stereocenters. The lowest BCUT2D eigenvalue weighted by atomic mass is 10.0. The van der Waals surface area contributed by atoms with Gasteiger partial charge in [-0.05, 0) is 44.5 Å². The van der Waals surface area contributed by atoms with E-state index in [2.05, 4.69) is 15.3 Å². The first-order valence-corrected chi connectivity index (χ1v) is 7.01. The normalized spacial score (nSPS) is 10.9. The van der Waals surface area contributed by atoms with Crippen LogP contribution in [0, 0.1) is 5.41 Å². The summed E-state index contributed by atoms with van der Waals surface area (Å²) in [5, 5.41) is 10.3. The molecule has 2 heterocycles. The first-order valence-electron chi connectivity index (χ1n) is 7.01. The molecule has 4 N–H and O–H groups in total. The third kappa shape index (κ3) is 4.50. The van der Waals surface area contributed by atoms with Crippen LogP contribution < -0.4 is 11.1 Å². The summed E-state index contributed by atoms with van der Waals surface area (Å²) in [7, 11) is 0. The van der Waals surface area contributed by atoms with E-state index in [0.717, 1.165) is 5.56 Å². The molecule has 0 radical (unpaired) electrons. The van der Waals surface area contributed by atoms with E-state index in [1.54, 1.807) is 51.4 Å². The zero-order valence-corrected chi connectivity index (χ0v) is 13.3. The molecule has 1 amide bonds. The van der Waals surface area contributed by atoms with Crippen molar-refractivity contribution in [2.75, 3.05) is 5.32 Å². The highest BCUT2D eigenvalue weighted by Gasteiger charge is 2.17. The number of nitrogens with zero attached hydrogens (tertiary/aromatic N) is 2. The molecule has 0 saturated carbocycles. The summed E-state index contributed by atoms with van der Waals surface area (Å²) in [4.78, 5) is 20.0. The highest BCUT2D eigenvalue weighted by molar-refractivity contribution is 6.00. The van der Waals surface area contributed by atoms with Crippen molar-refractivity contribution >= 4 is 17.6 Å². The molecule has 0 aromatic carbocycles. The van der Waals surface area contributed by atoms with E-state index in [4.69, 9.17) is 15.9 Å². The van der Waals surface area contributed by atoms with E-state index in [1.165, 1.54) is 6.20 Å². The Morgan fingerprint density at radius 2 is 1.96 bits per heavy atom. The van der Waals surface area contributed by atoms with Gasteiger partial charge in [0, 0.05) is 18.0 Å². The maximum atomic E-state index is 11.9. The Hall–Kier alpha value is -2.96. The van der Waals surface area contributed by atoms with Gasteiger partial charge in [-0.2, -0.15) is 0 Å². The third-order valence-corrected chi connectivity index (χ3v) is 2.78. The molecule has 2 rings (SSSR count). The van der Waals surface area contributed by atoms with Crippen LogP contribution in [0.4, 0.5) is 10.5 Å². The molecule has 0 atom stereocenters. The number of hydrogen-bond acceptors (Lipinski definition) is 5. The fourth-order valence-electron chi connectivity index (χ4n) is 1.92. The lowest BCUT2D eigenvalue weighted by molar-refractivity contribution is 0.0636. The Balaban J connectivity index is 2.34. The molecule has 0 saturated heterocycles. The topological polar surface area (TPSA) is 114 Å². The fraction of sp³-hybridized carbons (Fsp3) is 0.250. The van der Waals surface area contributed by atoms with Crippen molar-refractivity contribution in [1.82, 2.24) is 9.97 Å². The predicted octanol–water partition coefficient (Wildman–Crippen LogP) is 2.77. The number of pyridine rings is 2. The van der Waals surface area contributed by atoms with Gasteiger partial charge in [-0.3, -0.25) is 20.7 Å². The number of hydrogen-bond donors (Lipinski definition) is 3. The largest absolute Gasteiger partial charge is 0.444 e. The van der Waals surface area contributed by atoms with Crippen molar-refractivity contribution in [3.63, 3.8) is 0 Å². The molecular formula is C16H19N5O2. The summed E-state index contributed by atoms with van der Waals surface area (Å²) < 4.78 is 5.21. The van der Waals surface area contributed by atoms with Crippen LogP contribution in [0.5, 0.6) is 0 Å². The van der Waals surface area contributed by atoms with Crippen molar-refractivity contribution in [2.45, 2.75) is 26.4 Å². The number of rotatable bonds is 3. The summed E-state index contributed by atoms with van der Waals surface area (Å²) in [6.07, 6.45) is 4.13. The second-order valence-corrected chi connectivity index (χ2v) is 5.90. The summed E-state index contributed by atoms with van der Waals surface area (Å²) in [5.41, 5.74) is 7.21. The number of amidine groups is 1. The van der Waals surface area contributed by atoms with E-state index in [1.807, 2.05) is 0 Å². The molecule has 23 heavy (non-hydrogen) atoms. The van der Waals surface area contributed by atoms with E-state index in [9.17, 15) is 4.79 Å². The number of carbonyl (C=O) groups is 1. The van der Waals surface area contributed by atoms with Gasteiger partial charge in [-0.25, -0.2) is 4.79 Å². The second-order valence-electron chi connectivity index (χ2n) is 5.90. The SMILES string of the molecule is CC(C)(C)OC(=O)Nc1cnc(C(=N)N)c(-c2ccncc2)c1. The van der Waals surface area contributed by atoms with Crippen LogP contribution in [0.25, 0.3) is 11.1 Å². The average molecular weight is 313 g/mol. The first-order chi connectivity index (χ1) is 10.8. The minimum Gasteiger partial charge on any atom is -0.444 e. The number of aromatic nitrogens is 2. The van der Waals surface area contributed by atoms with Gasteiger partial charge in [0.15, 0.2) is 0 Å². The van der Waals surface area contributed by atoms with Crippen LogP contribution >= 0.6 is 0 Å². The monoisotopic (exact) mass is 313 g/mol. The van der Waals surface area contributed by atoms with Crippen LogP contribution in [0.1, 0.15) is 26.5 Å². The van der Waals surface area contributed by atoms with Crippen LogP contribution in [-0.2, 0) is 4.74 Å². The zero-order valence-electron chi connectivity index (χ0n) is 13.3. The molecule has 2 aromatic rings. The van der Waals surface area contributed by atoms with Crippen molar-refractivity contribution in [3.8, 4) is 11.1 Å². The van der Waals surface area contributed by atoms with Crippen molar-refractivity contribution in [3.05, 3.63) is 42.5 Å². The van der Waals surface area contributed by atoms with Gasteiger partial charge in [-0.15, -0.1) is 0 Å². The highest BCUT2D eigenvalue weighted by Crippen LogP contribution is 2.25. The molecule has 7 nitrogen and oxygen atoms in total. The summed E-state index contributed by atoms with van der Waals surface area (Å²) >= 11 is 0. The van der Waals surface area contributed by atoms with Crippen LogP contribution in [0.2, 0.25) is 0 Å². The minimum absolute atomic E-state index is 0.152. The number of anilines is 1. The van der Waals surface area contributed by atoms with Gasteiger partial charge < -0.3 is 10.5 Å². The van der Waals surface area contributed by atoms with E-state index in [0.29, 0.717) is 16.9 Å². The van der Waals surface area contributed by atoms with Gasteiger partial charge in [0.1, 0.15) is 17.1 Å². The lowest BCUT2D eigenvalue weighted by Gasteiger charge is -2.20. The van der Waals surface area contributed by atoms with E-state index in [-0.39, 0.29) is 5.84 Å². The summed E-state index contributed by atoms with van der Waals surface area (Å²) in [5.74, 6) is -0.152. The van der Waals surface area contributed by atoms with Crippen molar-refractivity contribution in [1.29, 1.82) is 5.41 Å². The predicted molar refractivity (Wildman–Crippen MR) is 88.3 cm³/mol. The molecule has 0 aliphatic heterocycles. The van der Waals surface area contributed by atoms with E-state index < -0.39 is 11.7 Å². The van der Waals surface area contributed by atoms with Gasteiger partial charge in [0.2, 0.25) is 0 Å². The molecule has 0 spiro atoms. The molecule has 120 valence electrons. The van der Waals surface area contributed by atoms with Crippen molar-refractivity contribution < 1.29 is 9.53 Å². The van der Waals surface area contributed by atoms with E-state index >= 15 is 0 Å². The Bertz CT molecular complexity index is 723. The van der Waals surface area contributed by atoms with Gasteiger partial charge in [0.25, 0.3) is 0 Å². The van der Waals surface area contributed by atoms with Gasteiger partial charge >= 0.3 is 6.09 Å². The average Bonchev–Trinajstić information content (AvgIpc) is 2.45. The Labute approximate surface area is 134 Å². The van der Waals surface area contributed by atoms with Crippen molar-refractivity contribution in [2.24, 2.45) is 5.73 Å². The minimum atomic E-state index is -0.592. The standard InChI is InChI=1S/C16H19N5O2/c1-16(2,3)23-15(22)21-11-8-12(10-4-6-19-7-5-10)13(14(17)18)20-9-11/h4-9H,1-3H3,(H3,17,18)(H,21,22). The van der Waals surface area contributed by atoms with Gasteiger partial charge in [-0.1, -0.05) is 0 Å². The molecule has 0 aliphatic carbocycles. The lowest BCUT2D eigenvalue weighted by Crippen LogP contribution is -2.27. The Kier molecular flexibility index (Phi) is 4.59. The number of ether oxygens (including phenoxy) is 1. The molecule has 0 aliphatic rings. The maximum absolute atomic E-state index is 11.9. The second kappa shape index (κ2) is 6.43. The number of nitrogen functional groups attached to an aromatic ring is 1. The number of amides is 1. The van der Waals surface area contributed by atoms with Crippen LogP contribution in [0.15, 0.2) is 36.8 Å². The summed E-state index contributed by atoms with van der Waals surface area (Å²) in [6.45, 7) is 5.35. The maximum Gasteiger partial charge on any atom is 0.412 e. The smallest absolute Gasteiger partial charge is 0.412 e. The highest BCUT2D eigenvalue weighted by atomic mass is 16.6. The Morgan fingerprint density at radius 1 is 1.30 bits per heavy atom. The quantitative estimate of drug-likeness (QED) is 0.595. The fourth-order valence-corrected chi connectivity index (χ4v) is 1.92. The number of carbonyl (C=O) groups excluding carboxylic acids is 1. The molecule has 0 bridgehead atoms. The molecule has 7 heteroatoms. The zero-order chi connectivity index (χ0) is 17.0. The number of nitrogens with one attached hydrogen (secondary N) is 2. The molecule has 2 aromatic heterocycles. The Morgan fingerprint density at radius 3 is 2.52 bits per heavy atom. The first kappa shape index (κ1) is 16.4.